The maximum Gasteiger partial charge on any atom is 0.323 e. The van der Waals surface area contributed by atoms with Crippen molar-refractivity contribution in [1.82, 2.24) is 15.3 Å². The van der Waals surface area contributed by atoms with Gasteiger partial charge in [0.25, 0.3) is 5.91 Å². The molecule has 2 heterocycles. The molecule has 0 fully saturated rings. The van der Waals surface area contributed by atoms with Crippen LogP contribution in [0.2, 0.25) is 0 Å². The minimum absolute atomic E-state index is 0.176. The molecule has 0 radical (unpaired) electrons. The number of aryl methyl sites for hydroxylation is 2. The molecule has 24 heavy (non-hydrogen) atoms. The van der Waals surface area contributed by atoms with Crippen molar-refractivity contribution in [3.05, 3.63) is 51.8 Å². The molecule has 0 aliphatic carbocycles. The average molecular weight is 328 g/mol. The van der Waals surface area contributed by atoms with Crippen LogP contribution in [0.3, 0.4) is 0 Å². The molecule has 0 spiro atoms. The SMILES string of the molecule is Cc1cc(C(=O)NCC(=O)Nc2ccc3[nH]c(=O)[nH]c3c2)c(C)o1. The first-order valence-electron chi connectivity index (χ1n) is 7.29. The van der Waals surface area contributed by atoms with Crippen LogP contribution in [-0.4, -0.2) is 28.3 Å². The number of carbonyl (C=O) groups is 2. The van der Waals surface area contributed by atoms with E-state index in [9.17, 15) is 14.4 Å². The van der Waals surface area contributed by atoms with Crippen molar-refractivity contribution in [2.45, 2.75) is 13.8 Å². The molecule has 8 heteroatoms. The number of nitrogens with one attached hydrogen (secondary N) is 4. The van der Waals surface area contributed by atoms with Crippen LogP contribution in [0.1, 0.15) is 21.9 Å². The predicted octanol–water partition coefficient (Wildman–Crippen LogP) is 1.43. The highest BCUT2D eigenvalue weighted by Gasteiger charge is 2.14. The van der Waals surface area contributed by atoms with Crippen molar-refractivity contribution in [3.8, 4) is 0 Å². The molecule has 2 aromatic heterocycles. The maximum absolute atomic E-state index is 12.0. The first-order chi connectivity index (χ1) is 11.4. The van der Waals surface area contributed by atoms with Crippen molar-refractivity contribution in [1.29, 1.82) is 0 Å². The normalized spacial score (nSPS) is 10.8. The quantitative estimate of drug-likeness (QED) is 0.579. The second-order valence-corrected chi connectivity index (χ2v) is 5.40. The summed E-state index contributed by atoms with van der Waals surface area (Å²) >= 11 is 0. The number of fused-ring (bicyclic) bond motifs is 1. The van der Waals surface area contributed by atoms with Crippen molar-refractivity contribution in [3.63, 3.8) is 0 Å². The lowest BCUT2D eigenvalue weighted by atomic mass is 10.2. The fraction of sp³-hybridized carbons (Fsp3) is 0.188. The number of rotatable bonds is 4. The molecular weight excluding hydrogens is 312 g/mol. The van der Waals surface area contributed by atoms with Crippen molar-refractivity contribution >= 4 is 28.5 Å². The maximum atomic E-state index is 12.0. The van der Waals surface area contributed by atoms with E-state index in [0.717, 1.165) is 0 Å². The van der Waals surface area contributed by atoms with E-state index >= 15 is 0 Å². The second-order valence-electron chi connectivity index (χ2n) is 5.40. The molecule has 2 amide bonds. The van der Waals surface area contributed by atoms with Gasteiger partial charge in [-0.15, -0.1) is 0 Å². The van der Waals surface area contributed by atoms with Crippen LogP contribution in [0.15, 0.2) is 33.5 Å². The largest absolute Gasteiger partial charge is 0.466 e. The van der Waals surface area contributed by atoms with E-state index in [1.165, 1.54) is 0 Å². The van der Waals surface area contributed by atoms with Crippen LogP contribution in [0.5, 0.6) is 0 Å². The van der Waals surface area contributed by atoms with E-state index in [1.807, 2.05) is 0 Å². The standard InChI is InChI=1S/C16H16N4O4/c1-8-5-11(9(2)24-8)15(22)17-7-14(21)18-10-3-4-12-13(6-10)20-16(23)19-12/h3-6H,7H2,1-2H3,(H,17,22)(H,18,21)(H2,19,20,23). The number of aromatic nitrogens is 2. The third kappa shape index (κ3) is 3.22. The van der Waals surface area contributed by atoms with Crippen LogP contribution >= 0.6 is 0 Å². The van der Waals surface area contributed by atoms with Crippen LogP contribution < -0.4 is 16.3 Å². The third-order valence-electron chi connectivity index (χ3n) is 3.49. The van der Waals surface area contributed by atoms with E-state index in [0.29, 0.717) is 33.8 Å². The molecule has 0 bridgehead atoms. The van der Waals surface area contributed by atoms with Crippen LogP contribution in [0.4, 0.5) is 5.69 Å². The molecular formula is C16H16N4O4. The summed E-state index contributed by atoms with van der Waals surface area (Å²) in [4.78, 5) is 40.4. The summed E-state index contributed by atoms with van der Waals surface area (Å²) in [5.74, 6) is 0.395. The molecule has 0 aliphatic rings. The molecule has 4 N–H and O–H groups in total. The monoisotopic (exact) mass is 328 g/mol. The second kappa shape index (κ2) is 6.07. The van der Waals surface area contributed by atoms with Gasteiger partial charge in [0.2, 0.25) is 5.91 Å². The summed E-state index contributed by atoms with van der Waals surface area (Å²) in [6, 6.07) is 6.60. The van der Waals surface area contributed by atoms with Crippen molar-refractivity contribution < 1.29 is 14.0 Å². The summed E-state index contributed by atoms with van der Waals surface area (Å²) in [5.41, 5.74) is 1.86. The Balaban J connectivity index is 1.61. The Morgan fingerprint density at radius 2 is 1.88 bits per heavy atom. The summed E-state index contributed by atoms with van der Waals surface area (Å²) in [5, 5.41) is 5.20. The highest BCUT2D eigenvalue weighted by molar-refractivity contribution is 6.00. The van der Waals surface area contributed by atoms with Crippen LogP contribution in [0.25, 0.3) is 11.0 Å². The molecule has 3 rings (SSSR count). The van der Waals surface area contributed by atoms with Gasteiger partial charge in [0, 0.05) is 5.69 Å². The zero-order valence-electron chi connectivity index (χ0n) is 13.1. The number of amides is 2. The van der Waals surface area contributed by atoms with Crippen molar-refractivity contribution in [2.75, 3.05) is 11.9 Å². The number of benzene rings is 1. The molecule has 0 atom stereocenters. The number of imidazole rings is 1. The Morgan fingerprint density at radius 1 is 1.12 bits per heavy atom. The number of aromatic amines is 2. The van der Waals surface area contributed by atoms with Gasteiger partial charge < -0.3 is 25.0 Å². The van der Waals surface area contributed by atoms with Gasteiger partial charge in [-0.3, -0.25) is 9.59 Å². The minimum Gasteiger partial charge on any atom is -0.466 e. The van der Waals surface area contributed by atoms with E-state index in [-0.39, 0.29) is 24.0 Å². The Labute approximate surface area is 136 Å². The van der Waals surface area contributed by atoms with Crippen LogP contribution in [-0.2, 0) is 4.79 Å². The van der Waals surface area contributed by atoms with Gasteiger partial charge in [-0.05, 0) is 38.1 Å². The summed E-state index contributed by atoms with van der Waals surface area (Å²) in [6.45, 7) is 3.26. The highest BCUT2D eigenvalue weighted by Crippen LogP contribution is 2.15. The van der Waals surface area contributed by atoms with E-state index in [4.69, 9.17) is 4.42 Å². The fourth-order valence-corrected chi connectivity index (χ4v) is 2.43. The number of hydrogen-bond acceptors (Lipinski definition) is 4. The molecule has 8 nitrogen and oxygen atoms in total. The predicted molar refractivity (Wildman–Crippen MR) is 88.1 cm³/mol. The molecule has 1 aromatic carbocycles. The van der Waals surface area contributed by atoms with Gasteiger partial charge in [-0.2, -0.15) is 0 Å². The van der Waals surface area contributed by atoms with Gasteiger partial charge in [0.05, 0.1) is 23.1 Å². The van der Waals surface area contributed by atoms with Crippen LogP contribution in [0, 0.1) is 13.8 Å². The lowest BCUT2D eigenvalue weighted by molar-refractivity contribution is -0.115. The average Bonchev–Trinajstić information content (AvgIpc) is 3.05. The molecule has 0 unspecified atom stereocenters. The highest BCUT2D eigenvalue weighted by atomic mass is 16.3. The third-order valence-corrected chi connectivity index (χ3v) is 3.49. The number of carbonyl (C=O) groups excluding carboxylic acids is 2. The minimum atomic E-state index is -0.376. The topological polar surface area (TPSA) is 120 Å². The van der Waals surface area contributed by atoms with Gasteiger partial charge in [-0.25, -0.2) is 4.79 Å². The van der Waals surface area contributed by atoms with E-state index in [2.05, 4.69) is 20.6 Å². The molecule has 0 saturated carbocycles. The molecule has 0 aliphatic heterocycles. The molecule has 0 saturated heterocycles. The summed E-state index contributed by atoms with van der Waals surface area (Å²) < 4.78 is 5.29. The summed E-state index contributed by atoms with van der Waals surface area (Å²) in [6.07, 6.45) is 0. The number of hydrogen-bond donors (Lipinski definition) is 4. The van der Waals surface area contributed by atoms with Gasteiger partial charge in [0.1, 0.15) is 11.5 Å². The first kappa shape index (κ1) is 15.6. The zero-order valence-corrected chi connectivity index (χ0v) is 13.1. The molecule has 124 valence electrons. The Hall–Kier alpha value is -3.29. The lowest BCUT2D eigenvalue weighted by Gasteiger charge is -2.06. The zero-order chi connectivity index (χ0) is 17.3. The van der Waals surface area contributed by atoms with Gasteiger partial charge in [0.15, 0.2) is 0 Å². The smallest absolute Gasteiger partial charge is 0.323 e. The molecule has 3 aromatic rings. The number of furan rings is 1. The van der Waals surface area contributed by atoms with Gasteiger partial charge in [-0.1, -0.05) is 0 Å². The number of H-pyrrole nitrogens is 2. The lowest BCUT2D eigenvalue weighted by Crippen LogP contribution is -2.32. The van der Waals surface area contributed by atoms with Crippen molar-refractivity contribution in [2.24, 2.45) is 0 Å². The Kier molecular flexibility index (Phi) is 3.95. The van der Waals surface area contributed by atoms with Gasteiger partial charge >= 0.3 is 5.69 Å². The Bertz CT molecular complexity index is 980. The van der Waals surface area contributed by atoms with E-state index in [1.54, 1.807) is 38.1 Å². The number of anilines is 1. The van der Waals surface area contributed by atoms with E-state index < -0.39 is 0 Å². The first-order valence-corrected chi connectivity index (χ1v) is 7.29. The fourth-order valence-electron chi connectivity index (χ4n) is 2.43. The summed E-state index contributed by atoms with van der Waals surface area (Å²) in [7, 11) is 0. The Morgan fingerprint density at radius 3 is 2.58 bits per heavy atom.